The van der Waals surface area contributed by atoms with E-state index in [1.54, 1.807) is 0 Å². The minimum atomic E-state index is -0.0181. The Labute approximate surface area is 190 Å². The second kappa shape index (κ2) is 11.9. The maximum atomic E-state index is 12.9. The van der Waals surface area contributed by atoms with Crippen LogP contribution in [-0.4, -0.2) is 90.9 Å². The third-order valence-electron chi connectivity index (χ3n) is 6.03. The van der Waals surface area contributed by atoms with Crippen molar-refractivity contribution in [3.05, 3.63) is 30.3 Å². The average molecular weight is 445 g/mol. The molecule has 0 bridgehead atoms. The Morgan fingerprint density at radius 2 is 1.62 bits per heavy atom. The van der Waals surface area contributed by atoms with E-state index in [9.17, 15) is 14.4 Å². The molecule has 3 rings (SSSR count). The molecule has 2 saturated heterocycles. The molecule has 2 aliphatic rings. The number of amides is 3. The van der Waals surface area contributed by atoms with Gasteiger partial charge in [-0.3, -0.25) is 19.3 Å². The van der Waals surface area contributed by atoms with Crippen molar-refractivity contribution in [3.63, 3.8) is 0 Å². The van der Waals surface area contributed by atoms with Crippen molar-refractivity contribution in [2.24, 2.45) is 5.92 Å². The molecule has 2 aliphatic heterocycles. The topological polar surface area (TPSA) is 82.2 Å². The summed E-state index contributed by atoms with van der Waals surface area (Å²) in [5, 5.41) is 2.91. The fourth-order valence-electron chi connectivity index (χ4n) is 4.26. The molecule has 3 amide bonds. The van der Waals surface area contributed by atoms with Gasteiger partial charge in [-0.1, -0.05) is 18.2 Å². The van der Waals surface area contributed by atoms with E-state index in [0.717, 1.165) is 18.8 Å². The second-order valence-electron chi connectivity index (χ2n) is 8.89. The van der Waals surface area contributed by atoms with Gasteiger partial charge >= 0.3 is 0 Å². The number of carbonyl (C=O) groups excluding carboxylic acids is 3. The van der Waals surface area contributed by atoms with Crippen molar-refractivity contribution in [1.29, 1.82) is 0 Å². The number of piperazine rings is 1. The quantitative estimate of drug-likeness (QED) is 0.655. The molecule has 8 nitrogen and oxygen atoms in total. The van der Waals surface area contributed by atoms with Gasteiger partial charge < -0.3 is 19.9 Å². The van der Waals surface area contributed by atoms with Crippen LogP contribution in [0, 0.1) is 5.92 Å². The number of benzene rings is 1. The molecule has 2 heterocycles. The zero-order chi connectivity index (χ0) is 22.9. The number of hydrogen-bond acceptors (Lipinski definition) is 5. The van der Waals surface area contributed by atoms with Gasteiger partial charge in [0.15, 0.2) is 0 Å². The Hall–Kier alpha value is -2.61. The molecule has 0 unspecified atom stereocenters. The summed E-state index contributed by atoms with van der Waals surface area (Å²) in [6, 6.07) is 9.63. The Morgan fingerprint density at radius 1 is 0.969 bits per heavy atom. The predicted molar refractivity (Wildman–Crippen MR) is 122 cm³/mol. The van der Waals surface area contributed by atoms with Crippen LogP contribution < -0.4 is 10.1 Å². The first-order valence-electron chi connectivity index (χ1n) is 11.7. The number of carbonyl (C=O) groups is 3. The third-order valence-corrected chi connectivity index (χ3v) is 6.03. The highest BCUT2D eigenvalue weighted by Crippen LogP contribution is 2.21. The summed E-state index contributed by atoms with van der Waals surface area (Å²) in [4.78, 5) is 43.2. The molecule has 176 valence electrons. The van der Waals surface area contributed by atoms with Crippen LogP contribution in [0.3, 0.4) is 0 Å². The number of nitrogens with one attached hydrogen (secondary N) is 1. The van der Waals surface area contributed by atoms with E-state index in [4.69, 9.17) is 4.74 Å². The van der Waals surface area contributed by atoms with Crippen molar-refractivity contribution < 1.29 is 19.1 Å². The van der Waals surface area contributed by atoms with Gasteiger partial charge in [-0.25, -0.2) is 0 Å². The fraction of sp³-hybridized carbons (Fsp3) is 0.625. The van der Waals surface area contributed by atoms with Gasteiger partial charge in [-0.2, -0.15) is 0 Å². The van der Waals surface area contributed by atoms with Crippen LogP contribution in [0.15, 0.2) is 30.3 Å². The van der Waals surface area contributed by atoms with E-state index in [-0.39, 0.29) is 29.7 Å². The summed E-state index contributed by atoms with van der Waals surface area (Å²) in [6.45, 7) is 8.64. The molecule has 1 N–H and O–H groups in total. The fourth-order valence-corrected chi connectivity index (χ4v) is 4.26. The summed E-state index contributed by atoms with van der Waals surface area (Å²) in [7, 11) is 0. The summed E-state index contributed by atoms with van der Waals surface area (Å²) < 4.78 is 5.62. The highest BCUT2D eigenvalue weighted by Gasteiger charge is 2.31. The maximum Gasteiger partial charge on any atom is 0.234 e. The smallest absolute Gasteiger partial charge is 0.234 e. The number of para-hydroxylation sites is 1. The molecule has 32 heavy (non-hydrogen) atoms. The highest BCUT2D eigenvalue weighted by atomic mass is 16.5. The summed E-state index contributed by atoms with van der Waals surface area (Å²) in [6.07, 6.45) is 1.77. The Kier molecular flexibility index (Phi) is 8.90. The Bertz CT molecular complexity index is 755. The van der Waals surface area contributed by atoms with Gasteiger partial charge in [0.25, 0.3) is 0 Å². The Morgan fingerprint density at radius 3 is 2.25 bits per heavy atom. The summed E-state index contributed by atoms with van der Waals surface area (Å²) in [5.74, 6) is 1.06. The molecule has 1 aromatic rings. The van der Waals surface area contributed by atoms with Crippen molar-refractivity contribution in [2.45, 2.75) is 39.2 Å². The van der Waals surface area contributed by atoms with Crippen LogP contribution >= 0.6 is 0 Å². The average Bonchev–Trinajstić information content (AvgIpc) is 2.79. The standard InChI is InChI=1S/C24H36N4O4/c1-19(2)25-22(29)18-26-13-15-28(16-14-26)24(31)20-8-11-27(12-9-20)23(30)10-17-32-21-6-4-3-5-7-21/h3-7,19-20H,8-18H2,1-2H3,(H,25,29). The number of piperidine rings is 1. The van der Waals surface area contributed by atoms with Crippen LogP contribution in [0.5, 0.6) is 5.75 Å². The monoisotopic (exact) mass is 444 g/mol. The molecule has 0 atom stereocenters. The second-order valence-corrected chi connectivity index (χ2v) is 8.89. The van der Waals surface area contributed by atoms with Crippen LogP contribution in [-0.2, 0) is 14.4 Å². The summed E-state index contributed by atoms with van der Waals surface area (Å²) >= 11 is 0. The van der Waals surface area contributed by atoms with E-state index >= 15 is 0 Å². The maximum absolute atomic E-state index is 12.9. The molecule has 0 aromatic heterocycles. The van der Waals surface area contributed by atoms with Crippen LogP contribution in [0.4, 0.5) is 0 Å². The van der Waals surface area contributed by atoms with Gasteiger partial charge in [-0.05, 0) is 38.8 Å². The Balaban J connectivity index is 1.34. The van der Waals surface area contributed by atoms with E-state index < -0.39 is 0 Å². The molecular weight excluding hydrogens is 408 g/mol. The molecule has 2 fully saturated rings. The molecular formula is C24H36N4O4. The van der Waals surface area contributed by atoms with Gasteiger partial charge in [0.1, 0.15) is 5.75 Å². The lowest BCUT2D eigenvalue weighted by Crippen LogP contribution is -2.53. The van der Waals surface area contributed by atoms with Gasteiger partial charge in [0, 0.05) is 51.2 Å². The van der Waals surface area contributed by atoms with E-state index in [0.29, 0.717) is 58.6 Å². The molecule has 0 spiro atoms. The minimum absolute atomic E-state index is 0.0181. The molecule has 1 aromatic carbocycles. The van der Waals surface area contributed by atoms with Crippen molar-refractivity contribution in [3.8, 4) is 5.75 Å². The van der Waals surface area contributed by atoms with Crippen molar-refractivity contribution in [1.82, 2.24) is 20.0 Å². The number of likely N-dealkylation sites (tertiary alicyclic amines) is 1. The number of nitrogens with zero attached hydrogens (tertiary/aromatic N) is 3. The number of ether oxygens (including phenoxy) is 1. The highest BCUT2D eigenvalue weighted by molar-refractivity contribution is 5.81. The first-order valence-corrected chi connectivity index (χ1v) is 11.7. The largest absolute Gasteiger partial charge is 0.493 e. The zero-order valence-electron chi connectivity index (χ0n) is 19.3. The van der Waals surface area contributed by atoms with Crippen molar-refractivity contribution in [2.75, 3.05) is 52.4 Å². The predicted octanol–water partition coefficient (Wildman–Crippen LogP) is 1.36. The molecule has 0 saturated carbocycles. The number of hydrogen-bond donors (Lipinski definition) is 1. The zero-order valence-corrected chi connectivity index (χ0v) is 19.3. The summed E-state index contributed by atoms with van der Waals surface area (Å²) in [5.41, 5.74) is 0. The lowest BCUT2D eigenvalue weighted by Gasteiger charge is -2.38. The number of rotatable bonds is 8. The van der Waals surface area contributed by atoms with E-state index in [2.05, 4.69) is 10.2 Å². The molecule has 8 heteroatoms. The van der Waals surface area contributed by atoms with Crippen LogP contribution in [0.2, 0.25) is 0 Å². The normalized spacial score (nSPS) is 18.0. The third kappa shape index (κ3) is 7.22. The van der Waals surface area contributed by atoms with Crippen LogP contribution in [0.25, 0.3) is 0 Å². The van der Waals surface area contributed by atoms with Gasteiger partial charge in [0.2, 0.25) is 17.7 Å². The van der Waals surface area contributed by atoms with E-state index in [1.165, 1.54) is 0 Å². The first-order chi connectivity index (χ1) is 15.4. The van der Waals surface area contributed by atoms with Crippen molar-refractivity contribution >= 4 is 17.7 Å². The van der Waals surface area contributed by atoms with E-state index in [1.807, 2.05) is 54.0 Å². The lowest BCUT2D eigenvalue weighted by molar-refractivity contribution is -0.142. The van der Waals surface area contributed by atoms with Crippen LogP contribution in [0.1, 0.15) is 33.1 Å². The minimum Gasteiger partial charge on any atom is -0.493 e. The SMILES string of the molecule is CC(C)NC(=O)CN1CCN(C(=O)C2CCN(C(=O)CCOc3ccccc3)CC2)CC1. The van der Waals surface area contributed by atoms with Gasteiger partial charge in [-0.15, -0.1) is 0 Å². The first kappa shape index (κ1) is 24.0. The molecule has 0 aliphatic carbocycles. The molecule has 0 radical (unpaired) electrons. The lowest BCUT2D eigenvalue weighted by atomic mass is 9.94. The van der Waals surface area contributed by atoms with Gasteiger partial charge in [0.05, 0.1) is 19.6 Å².